The number of hydrogen-bond acceptors (Lipinski definition) is 3. The summed E-state index contributed by atoms with van der Waals surface area (Å²) in [4.78, 5) is 12.2. The summed E-state index contributed by atoms with van der Waals surface area (Å²) >= 11 is 5.81. The standard InChI is InChI=1S/C16H17ClN2O3S/c1-2-19-23(21,22)15-5-3-4-13(10-15)16(20)18-11-12-6-8-14(17)9-7-12/h3-10,19H,2,11H2,1H3,(H,18,20). The third kappa shape index (κ3) is 4.79. The molecule has 0 heterocycles. The van der Waals surface area contributed by atoms with Gasteiger partial charge in [0.1, 0.15) is 0 Å². The van der Waals surface area contributed by atoms with Crippen molar-refractivity contribution in [2.75, 3.05) is 6.54 Å². The number of halogens is 1. The Hall–Kier alpha value is -1.89. The highest BCUT2D eigenvalue weighted by atomic mass is 35.5. The summed E-state index contributed by atoms with van der Waals surface area (Å²) in [5.74, 6) is -0.339. The van der Waals surface area contributed by atoms with Crippen LogP contribution >= 0.6 is 11.6 Å². The molecule has 2 N–H and O–H groups in total. The largest absolute Gasteiger partial charge is 0.348 e. The van der Waals surface area contributed by atoms with Crippen LogP contribution in [0.1, 0.15) is 22.8 Å². The maximum absolute atomic E-state index is 12.2. The van der Waals surface area contributed by atoms with E-state index in [0.29, 0.717) is 11.6 Å². The van der Waals surface area contributed by atoms with E-state index in [1.165, 1.54) is 12.1 Å². The van der Waals surface area contributed by atoms with Crippen molar-refractivity contribution in [2.24, 2.45) is 0 Å². The molecule has 5 nitrogen and oxygen atoms in total. The molecule has 7 heteroatoms. The summed E-state index contributed by atoms with van der Waals surface area (Å²) in [5.41, 5.74) is 1.19. The predicted molar refractivity (Wildman–Crippen MR) is 89.9 cm³/mol. The van der Waals surface area contributed by atoms with Gasteiger partial charge in [0.05, 0.1) is 4.90 Å². The molecule has 1 amide bonds. The zero-order chi connectivity index (χ0) is 16.9. The van der Waals surface area contributed by atoms with E-state index in [2.05, 4.69) is 10.0 Å². The molecule has 0 aliphatic heterocycles. The fourth-order valence-electron chi connectivity index (χ4n) is 1.96. The topological polar surface area (TPSA) is 75.3 Å². The molecule has 0 unspecified atom stereocenters. The van der Waals surface area contributed by atoms with E-state index in [1.807, 2.05) is 12.1 Å². The highest BCUT2D eigenvalue weighted by Gasteiger charge is 2.15. The van der Waals surface area contributed by atoms with Crippen LogP contribution in [0.25, 0.3) is 0 Å². The Balaban J connectivity index is 2.09. The van der Waals surface area contributed by atoms with Gasteiger partial charge in [0, 0.05) is 23.7 Å². The Morgan fingerprint density at radius 1 is 1.13 bits per heavy atom. The van der Waals surface area contributed by atoms with Crippen LogP contribution in [0.4, 0.5) is 0 Å². The average Bonchev–Trinajstić information content (AvgIpc) is 2.54. The lowest BCUT2D eigenvalue weighted by Gasteiger charge is -2.08. The zero-order valence-corrected chi connectivity index (χ0v) is 14.1. The van der Waals surface area contributed by atoms with Crippen molar-refractivity contribution in [1.29, 1.82) is 0 Å². The molecular weight excluding hydrogens is 336 g/mol. The molecule has 0 spiro atoms. The molecule has 0 radical (unpaired) electrons. The quantitative estimate of drug-likeness (QED) is 0.839. The molecule has 0 saturated heterocycles. The van der Waals surface area contributed by atoms with Crippen LogP contribution in [0.5, 0.6) is 0 Å². The average molecular weight is 353 g/mol. The molecule has 23 heavy (non-hydrogen) atoms. The van der Waals surface area contributed by atoms with Gasteiger partial charge >= 0.3 is 0 Å². The molecule has 0 aliphatic rings. The second kappa shape index (κ2) is 7.59. The van der Waals surface area contributed by atoms with Gasteiger partial charge < -0.3 is 5.32 Å². The van der Waals surface area contributed by atoms with Gasteiger partial charge in [-0.05, 0) is 35.9 Å². The summed E-state index contributed by atoms with van der Waals surface area (Å²) in [6.45, 7) is 2.32. The van der Waals surface area contributed by atoms with Gasteiger partial charge in [-0.25, -0.2) is 13.1 Å². The molecule has 0 aliphatic carbocycles. The minimum atomic E-state index is -3.58. The first-order valence-electron chi connectivity index (χ1n) is 7.05. The second-order valence-electron chi connectivity index (χ2n) is 4.84. The van der Waals surface area contributed by atoms with Crippen molar-refractivity contribution in [3.05, 3.63) is 64.7 Å². The van der Waals surface area contributed by atoms with Crippen LogP contribution in [0.2, 0.25) is 5.02 Å². The van der Waals surface area contributed by atoms with Crippen molar-refractivity contribution in [2.45, 2.75) is 18.4 Å². The van der Waals surface area contributed by atoms with Crippen LogP contribution in [0.15, 0.2) is 53.4 Å². The van der Waals surface area contributed by atoms with Crippen LogP contribution in [-0.2, 0) is 16.6 Å². The van der Waals surface area contributed by atoms with Gasteiger partial charge in [-0.2, -0.15) is 0 Å². The maximum atomic E-state index is 12.2. The first kappa shape index (κ1) is 17.5. The zero-order valence-electron chi connectivity index (χ0n) is 12.5. The molecular formula is C16H17ClN2O3S. The first-order valence-corrected chi connectivity index (χ1v) is 8.91. The van der Waals surface area contributed by atoms with Crippen molar-refractivity contribution in [1.82, 2.24) is 10.0 Å². The van der Waals surface area contributed by atoms with Gasteiger partial charge in [-0.15, -0.1) is 0 Å². The predicted octanol–water partition coefficient (Wildman–Crippen LogP) is 2.57. The lowest BCUT2D eigenvalue weighted by atomic mass is 10.2. The van der Waals surface area contributed by atoms with E-state index in [0.717, 1.165) is 5.56 Å². The Labute approximate surface area is 140 Å². The minimum Gasteiger partial charge on any atom is -0.348 e. The van der Waals surface area contributed by atoms with Gasteiger partial charge in [0.25, 0.3) is 5.91 Å². The Morgan fingerprint density at radius 2 is 1.83 bits per heavy atom. The van der Waals surface area contributed by atoms with Gasteiger partial charge in [0.15, 0.2) is 0 Å². The van der Waals surface area contributed by atoms with Crippen molar-refractivity contribution in [3.63, 3.8) is 0 Å². The number of carbonyl (C=O) groups is 1. The summed E-state index contributed by atoms with van der Waals surface area (Å²) in [6, 6.07) is 13.0. The molecule has 0 aromatic heterocycles. The van der Waals surface area contributed by atoms with Crippen molar-refractivity contribution < 1.29 is 13.2 Å². The van der Waals surface area contributed by atoms with Crippen LogP contribution < -0.4 is 10.0 Å². The Kier molecular flexibility index (Phi) is 5.76. The van der Waals surface area contributed by atoms with Gasteiger partial charge in [-0.1, -0.05) is 36.7 Å². The lowest BCUT2D eigenvalue weighted by molar-refractivity contribution is 0.0950. The van der Waals surface area contributed by atoms with E-state index in [1.54, 1.807) is 31.2 Å². The highest BCUT2D eigenvalue weighted by molar-refractivity contribution is 7.89. The monoisotopic (exact) mass is 352 g/mol. The number of nitrogens with one attached hydrogen (secondary N) is 2. The third-order valence-electron chi connectivity index (χ3n) is 3.11. The molecule has 2 aromatic rings. The summed E-state index contributed by atoms with van der Waals surface area (Å²) in [6.07, 6.45) is 0. The molecule has 0 bridgehead atoms. The highest BCUT2D eigenvalue weighted by Crippen LogP contribution is 2.12. The summed E-state index contributed by atoms with van der Waals surface area (Å²) in [5, 5.41) is 3.37. The normalized spacial score (nSPS) is 11.2. The van der Waals surface area contributed by atoms with Crippen LogP contribution in [0.3, 0.4) is 0 Å². The number of benzene rings is 2. The van der Waals surface area contributed by atoms with E-state index in [-0.39, 0.29) is 22.9 Å². The number of sulfonamides is 1. The molecule has 2 aromatic carbocycles. The summed E-state index contributed by atoms with van der Waals surface area (Å²) < 4.78 is 26.3. The SMILES string of the molecule is CCNS(=O)(=O)c1cccc(C(=O)NCc2ccc(Cl)cc2)c1. The number of amides is 1. The number of carbonyl (C=O) groups excluding carboxylic acids is 1. The Morgan fingerprint density at radius 3 is 2.48 bits per heavy atom. The van der Waals surface area contributed by atoms with Gasteiger partial charge in [-0.3, -0.25) is 4.79 Å². The maximum Gasteiger partial charge on any atom is 0.251 e. The van der Waals surface area contributed by atoms with Crippen molar-refractivity contribution in [3.8, 4) is 0 Å². The number of rotatable bonds is 6. The van der Waals surface area contributed by atoms with Crippen molar-refractivity contribution >= 4 is 27.5 Å². The molecule has 0 atom stereocenters. The Bertz CT molecular complexity index is 789. The van der Waals surface area contributed by atoms with Crippen LogP contribution in [-0.4, -0.2) is 20.9 Å². The fourth-order valence-corrected chi connectivity index (χ4v) is 3.18. The van der Waals surface area contributed by atoms with E-state index in [4.69, 9.17) is 11.6 Å². The minimum absolute atomic E-state index is 0.0680. The first-order chi connectivity index (χ1) is 10.9. The molecule has 0 fully saturated rings. The second-order valence-corrected chi connectivity index (χ2v) is 7.04. The van der Waals surface area contributed by atoms with Crippen LogP contribution in [0, 0.1) is 0 Å². The fraction of sp³-hybridized carbons (Fsp3) is 0.188. The summed E-state index contributed by atoms with van der Waals surface area (Å²) in [7, 11) is -3.58. The lowest BCUT2D eigenvalue weighted by Crippen LogP contribution is -2.25. The van der Waals surface area contributed by atoms with E-state index in [9.17, 15) is 13.2 Å². The number of hydrogen-bond donors (Lipinski definition) is 2. The smallest absolute Gasteiger partial charge is 0.251 e. The molecule has 2 rings (SSSR count). The van der Waals surface area contributed by atoms with Gasteiger partial charge in [0.2, 0.25) is 10.0 Å². The molecule has 0 saturated carbocycles. The third-order valence-corrected chi connectivity index (χ3v) is 4.90. The molecule has 122 valence electrons. The van der Waals surface area contributed by atoms with E-state index < -0.39 is 10.0 Å². The van der Waals surface area contributed by atoms with E-state index >= 15 is 0 Å².